The number of carbonyl (C=O) groups excluding carboxylic acids is 1. The highest BCUT2D eigenvalue weighted by Gasteiger charge is 2.26. The summed E-state index contributed by atoms with van der Waals surface area (Å²) in [7, 11) is 3.16. The monoisotopic (exact) mass is 326 g/mol. The average Bonchev–Trinajstić information content (AvgIpc) is 3.30. The first-order chi connectivity index (χ1) is 11.7. The summed E-state index contributed by atoms with van der Waals surface area (Å²) in [6.07, 6.45) is 6.94. The molecule has 1 aromatic carbocycles. The van der Waals surface area contributed by atoms with Crippen LogP contribution in [0, 0.1) is 31.6 Å². The van der Waals surface area contributed by atoms with E-state index in [4.69, 9.17) is 18.7 Å². The lowest BCUT2D eigenvalue weighted by molar-refractivity contribution is -0.142. The summed E-state index contributed by atoms with van der Waals surface area (Å²) < 4.78 is 20.9. The van der Waals surface area contributed by atoms with Crippen molar-refractivity contribution in [2.24, 2.45) is 0 Å². The third kappa shape index (κ3) is 3.53. The molecule has 0 spiro atoms. The van der Waals surface area contributed by atoms with Gasteiger partial charge in [-0.15, -0.1) is 0 Å². The first kappa shape index (κ1) is 16.4. The largest absolute Gasteiger partial charge is 0.497 e. The summed E-state index contributed by atoms with van der Waals surface area (Å²) in [5, 5.41) is 4.00. The number of hydrogen-bond donors (Lipinski definition) is 0. The molecular formula is C18H16NO5. The highest BCUT2D eigenvalue weighted by Crippen LogP contribution is 2.33. The molecule has 5 radical (unpaired) electrons. The molecule has 1 saturated carbocycles. The molecule has 1 aliphatic carbocycles. The van der Waals surface area contributed by atoms with E-state index in [0.717, 1.165) is 5.56 Å². The van der Waals surface area contributed by atoms with Crippen LogP contribution in [0.2, 0.25) is 0 Å². The Morgan fingerprint density at radius 1 is 1.12 bits per heavy atom. The van der Waals surface area contributed by atoms with E-state index in [2.05, 4.69) is 5.16 Å². The Balaban J connectivity index is 1.68. The van der Waals surface area contributed by atoms with Gasteiger partial charge in [-0.05, 0) is 37.8 Å². The number of rotatable bonds is 6. The maximum atomic E-state index is 11.8. The van der Waals surface area contributed by atoms with Crippen molar-refractivity contribution >= 4 is 5.97 Å². The van der Waals surface area contributed by atoms with Crippen LogP contribution in [0.15, 0.2) is 28.8 Å². The Morgan fingerprint density at radius 2 is 1.92 bits per heavy atom. The molecule has 0 saturated heterocycles. The van der Waals surface area contributed by atoms with Crippen molar-refractivity contribution in [1.82, 2.24) is 5.16 Å². The molecule has 1 heterocycles. The summed E-state index contributed by atoms with van der Waals surface area (Å²) in [5.41, 5.74) is 1.35. The number of methoxy groups -OCH3 is 2. The van der Waals surface area contributed by atoms with E-state index in [1.807, 2.05) is 12.1 Å². The van der Waals surface area contributed by atoms with Crippen LogP contribution in [0.25, 0.3) is 11.3 Å². The fourth-order valence-corrected chi connectivity index (χ4v) is 2.25. The van der Waals surface area contributed by atoms with Gasteiger partial charge in [0.15, 0.2) is 12.4 Å². The smallest absolute Gasteiger partial charge is 0.314 e. The average molecular weight is 326 g/mol. The van der Waals surface area contributed by atoms with Gasteiger partial charge >= 0.3 is 5.97 Å². The molecule has 3 rings (SSSR count). The summed E-state index contributed by atoms with van der Waals surface area (Å²) in [6.45, 7) is 0.00941. The first-order valence-corrected chi connectivity index (χ1v) is 7.28. The van der Waals surface area contributed by atoms with Crippen LogP contribution < -0.4 is 9.47 Å². The fraction of sp³-hybridized carbons (Fsp3) is 0.167. The molecule has 6 heteroatoms. The van der Waals surface area contributed by atoms with Gasteiger partial charge in [0.1, 0.15) is 17.2 Å². The lowest BCUT2D eigenvalue weighted by atomic mass is 10.1. The van der Waals surface area contributed by atoms with Crippen molar-refractivity contribution in [3.05, 3.63) is 61.6 Å². The van der Waals surface area contributed by atoms with Gasteiger partial charge in [0.25, 0.3) is 0 Å². The topological polar surface area (TPSA) is 70.8 Å². The zero-order valence-electron chi connectivity index (χ0n) is 13.3. The van der Waals surface area contributed by atoms with Crippen LogP contribution in [-0.4, -0.2) is 25.3 Å². The molecule has 1 aromatic heterocycles. The Morgan fingerprint density at radius 3 is 2.62 bits per heavy atom. The second-order valence-electron chi connectivity index (χ2n) is 4.99. The molecule has 0 atom stereocenters. The van der Waals surface area contributed by atoms with E-state index >= 15 is 0 Å². The molecular weight excluding hydrogens is 310 g/mol. The highest BCUT2D eigenvalue weighted by atomic mass is 16.5. The molecule has 0 unspecified atom stereocenters. The van der Waals surface area contributed by atoms with Crippen LogP contribution in [0.1, 0.15) is 5.76 Å². The lowest BCUT2D eigenvalue weighted by Gasteiger charge is -2.07. The molecule has 2 aromatic rings. The predicted molar refractivity (Wildman–Crippen MR) is 85.3 cm³/mol. The molecule has 1 aliphatic rings. The third-order valence-electron chi connectivity index (χ3n) is 3.49. The van der Waals surface area contributed by atoms with Crippen molar-refractivity contribution in [2.45, 2.75) is 6.61 Å². The minimum atomic E-state index is -0.403. The van der Waals surface area contributed by atoms with Gasteiger partial charge in [0.05, 0.1) is 20.1 Å². The minimum Gasteiger partial charge on any atom is -0.497 e. The number of benzene rings is 1. The second-order valence-corrected chi connectivity index (χ2v) is 4.99. The number of esters is 1. The van der Waals surface area contributed by atoms with Crippen molar-refractivity contribution < 1.29 is 23.5 Å². The fourth-order valence-electron chi connectivity index (χ4n) is 2.25. The Bertz CT molecular complexity index is 703. The molecule has 6 nitrogen and oxygen atoms in total. The molecule has 0 aliphatic heterocycles. The van der Waals surface area contributed by atoms with Gasteiger partial charge in [-0.3, -0.25) is 4.79 Å². The van der Waals surface area contributed by atoms with E-state index in [1.165, 1.54) is 0 Å². The molecule has 24 heavy (non-hydrogen) atoms. The van der Waals surface area contributed by atoms with E-state index in [9.17, 15) is 4.79 Å². The minimum absolute atomic E-state index is 0.00941. The van der Waals surface area contributed by atoms with E-state index in [1.54, 1.807) is 52.0 Å². The quantitative estimate of drug-likeness (QED) is 0.760. The zero-order valence-corrected chi connectivity index (χ0v) is 13.3. The number of carbonyl (C=O) groups is 1. The maximum Gasteiger partial charge on any atom is 0.314 e. The number of aromatic nitrogens is 1. The van der Waals surface area contributed by atoms with Gasteiger partial charge in [0.2, 0.25) is 0 Å². The Kier molecular flexibility index (Phi) is 5.03. The van der Waals surface area contributed by atoms with Crippen molar-refractivity contribution in [2.75, 3.05) is 14.2 Å². The molecule has 123 valence electrons. The van der Waals surface area contributed by atoms with Gasteiger partial charge in [-0.2, -0.15) is 0 Å². The summed E-state index contributed by atoms with van der Waals surface area (Å²) in [5.74, 6) is 1.85. The summed E-state index contributed by atoms with van der Waals surface area (Å²) in [4.78, 5) is 11.8. The number of hydrogen-bond acceptors (Lipinski definition) is 6. The van der Waals surface area contributed by atoms with E-state index in [-0.39, 0.29) is 6.61 Å². The second kappa shape index (κ2) is 7.38. The third-order valence-corrected chi connectivity index (χ3v) is 3.49. The summed E-state index contributed by atoms with van der Waals surface area (Å²) in [6, 6.07) is 7.11. The summed E-state index contributed by atoms with van der Waals surface area (Å²) >= 11 is 0. The zero-order chi connectivity index (χ0) is 16.9. The Hall–Kier alpha value is -2.50. The molecule has 0 N–H and O–H groups in total. The molecule has 0 bridgehead atoms. The molecule has 1 fully saturated rings. The van der Waals surface area contributed by atoms with Crippen LogP contribution >= 0.6 is 0 Å². The van der Waals surface area contributed by atoms with E-state index in [0.29, 0.717) is 28.9 Å². The van der Waals surface area contributed by atoms with Crippen LogP contribution in [0.5, 0.6) is 11.5 Å². The first-order valence-electron chi connectivity index (χ1n) is 7.28. The normalized spacial score (nSPS) is 14.6. The van der Waals surface area contributed by atoms with E-state index < -0.39 is 5.97 Å². The highest BCUT2D eigenvalue weighted by molar-refractivity contribution is 5.91. The Labute approximate surface area is 140 Å². The van der Waals surface area contributed by atoms with Crippen molar-refractivity contribution in [3.8, 4) is 22.8 Å². The maximum absolute atomic E-state index is 11.8. The number of nitrogens with zero attached hydrogens (tertiary/aromatic N) is 1. The molecule has 0 amide bonds. The van der Waals surface area contributed by atoms with Gasteiger partial charge in [-0.1, -0.05) is 5.16 Å². The van der Waals surface area contributed by atoms with Gasteiger partial charge in [0, 0.05) is 17.7 Å². The lowest BCUT2D eigenvalue weighted by Crippen LogP contribution is -2.13. The van der Waals surface area contributed by atoms with Crippen LogP contribution in [-0.2, 0) is 16.1 Å². The predicted octanol–water partition coefficient (Wildman–Crippen LogP) is 2.81. The van der Waals surface area contributed by atoms with Gasteiger partial charge < -0.3 is 18.7 Å². The number of ether oxygens (including phenoxy) is 3. The SMILES string of the molecule is COc1ccc(-c2cc(COC(=O)[C]3[CH][CH][CH][CH]3)on2)c(OC)c1. The van der Waals surface area contributed by atoms with Crippen molar-refractivity contribution in [3.63, 3.8) is 0 Å². The van der Waals surface area contributed by atoms with Crippen LogP contribution in [0.3, 0.4) is 0 Å². The van der Waals surface area contributed by atoms with Crippen molar-refractivity contribution in [1.29, 1.82) is 0 Å². The van der Waals surface area contributed by atoms with Crippen LogP contribution in [0.4, 0.5) is 0 Å². The standard InChI is InChI=1S/C18H16NO5/c1-21-13-7-8-15(17(10-13)22-2)16-9-14(24-19-16)11-23-18(20)12-5-3-4-6-12/h3-10H,11H2,1-2H3. The van der Waals surface area contributed by atoms with Gasteiger partial charge in [-0.25, -0.2) is 0 Å².